The first-order valence-electron chi connectivity index (χ1n) is 11.7. The molecule has 0 spiro atoms. The van der Waals surface area contributed by atoms with Crippen LogP contribution in [-0.2, 0) is 9.53 Å². The quantitative estimate of drug-likeness (QED) is 0.475. The lowest BCUT2D eigenvalue weighted by Crippen LogP contribution is -2.22. The van der Waals surface area contributed by atoms with Gasteiger partial charge in [-0.25, -0.2) is 9.97 Å². The molecule has 2 N–H and O–H groups in total. The maximum Gasteiger partial charge on any atom is 0.316 e. The summed E-state index contributed by atoms with van der Waals surface area (Å²) in [7, 11) is 0. The number of aromatic nitrogens is 2. The predicted molar refractivity (Wildman–Crippen MR) is 125 cm³/mol. The van der Waals surface area contributed by atoms with Crippen molar-refractivity contribution in [1.29, 1.82) is 0 Å². The van der Waals surface area contributed by atoms with Crippen molar-refractivity contribution in [2.75, 3.05) is 25.1 Å². The van der Waals surface area contributed by atoms with Crippen LogP contribution in [0.3, 0.4) is 0 Å². The van der Waals surface area contributed by atoms with Gasteiger partial charge in [-0.05, 0) is 67.6 Å². The smallest absolute Gasteiger partial charge is 0.316 e. The molecule has 174 valence electrons. The minimum absolute atomic E-state index is 0.0261. The fourth-order valence-corrected chi connectivity index (χ4v) is 4.63. The Morgan fingerprint density at radius 3 is 2.50 bits per heavy atom. The number of aliphatic carboxylic acids is 1. The molecule has 7 heteroatoms. The number of carboxylic acid groups (broad SMARTS) is 1. The summed E-state index contributed by atoms with van der Waals surface area (Å²) in [6, 6.07) is 6.76. The van der Waals surface area contributed by atoms with Crippen LogP contribution in [0.1, 0.15) is 75.8 Å². The minimum atomic E-state index is -0.774. The molecule has 1 unspecified atom stereocenters. The van der Waals surface area contributed by atoms with Gasteiger partial charge in [0, 0.05) is 18.9 Å². The Labute approximate surface area is 190 Å². The minimum Gasteiger partial charge on any atom is -0.481 e. The molecule has 32 heavy (non-hydrogen) atoms. The van der Waals surface area contributed by atoms with Crippen LogP contribution in [-0.4, -0.2) is 40.9 Å². The second-order valence-electron chi connectivity index (χ2n) is 8.33. The summed E-state index contributed by atoms with van der Waals surface area (Å²) >= 11 is 0. The molecule has 1 fully saturated rings. The predicted octanol–water partition coefficient (Wildman–Crippen LogP) is 5.51. The molecule has 0 amide bonds. The molecule has 7 nitrogen and oxygen atoms in total. The summed E-state index contributed by atoms with van der Waals surface area (Å²) in [6.45, 7) is 8.30. The maximum absolute atomic E-state index is 11.4. The van der Waals surface area contributed by atoms with E-state index in [2.05, 4.69) is 40.4 Å². The van der Waals surface area contributed by atoms with Crippen molar-refractivity contribution in [3.8, 4) is 6.01 Å². The average molecular weight is 442 g/mol. The van der Waals surface area contributed by atoms with Crippen molar-refractivity contribution in [3.05, 3.63) is 41.7 Å². The van der Waals surface area contributed by atoms with Gasteiger partial charge in [-0.15, -0.1) is 0 Å². The van der Waals surface area contributed by atoms with Gasteiger partial charge < -0.3 is 19.9 Å². The first kappa shape index (κ1) is 24.0. The van der Waals surface area contributed by atoms with Crippen molar-refractivity contribution < 1.29 is 19.4 Å². The third-order valence-electron chi connectivity index (χ3n) is 6.32. The highest BCUT2D eigenvalue weighted by Gasteiger charge is 2.27. The highest BCUT2D eigenvalue weighted by atomic mass is 16.5. The van der Waals surface area contributed by atoms with Crippen LogP contribution >= 0.6 is 0 Å². The Bertz CT molecular complexity index is 866. The summed E-state index contributed by atoms with van der Waals surface area (Å²) < 4.78 is 10.9. The lowest BCUT2D eigenvalue weighted by atomic mass is 9.78. The SMILES string of the molecule is CCOc1ncc(Nc2cc(C(CC)CC(=O)O)ccc2[C@H](CC)C2CCOCC2)cn1. The van der Waals surface area contributed by atoms with Crippen LogP contribution in [0.2, 0.25) is 0 Å². The van der Waals surface area contributed by atoms with Crippen molar-refractivity contribution in [2.24, 2.45) is 5.92 Å². The molecule has 1 aromatic carbocycles. The number of anilines is 2. The molecule has 1 aliphatic rings. The molecular formula is C25H35N3O4. The standard InChI is InChI=1S/C25H35N3O4/c1-4-17(14-24(29)30)19-7-8-22(21(5-2)18-9-11-31-12-10-18)23(13-19)28-20-15-26-25(27-16-20)32-6-3/h7-8,13,15-18,21,28H,4-6,9-12,14H2,1-3H3,(H,29,30)/t17?,21-/m1/s1. The molecule has 1 aliphatic heterocycles. The number of ether oxygens (including phenoxy) is 2. The van der Waals surface area contributed by atoms with Crippen molar-refractivity contribution >= 4 is 17.3 Å². The number of hydrogen-bond acceptors (Lipinski definition) is 6. The van der Waals surface area contributed by atoms with Crippen LogP contribution in [0.15, 0.2) is 30.6 Å². The molecule has 0 radical (unpaired) electrons. The van der Waals surface area contributed by atoms with Crippen molar-refractivity contribution in [1.82, 2.24) is 9.97 Å². The Morgan fingerprint density at radius 1 is 1.19 bits per heavy atom. The molecule has 1 aromatic heterocycles. The summed E-state index contributed by atoms with van der Waals surface area (Å²) in [5.74, 6) is 0.169. The number of benzene rings is 1. The average Bonchev–Trinajstić information content (AvgIpc) is 2.81. The fraction of sp³-hybridized carbons (Fsp3) is 0.560. The second-order valence-corrected chi connectivity index (χ2v) is 8.33. The zero-order valence-corrected chi connectivity index (χ0v) is 19.3. The normalized spacial score (nSPS) is 16.3. The van der Waals surface area contributed by atoms with E-state index in [4.69, 9.17) is 9.47 Å². The Morgan fingerprint density at radius 2 is 1.91 bits per heavy atom. The third-order valence-corrected chi connectivity index (χ3v) is 6.32. The molecule has 2 heterocycles. The van der Waals surface area contributed by atoms with Gasteiger partial charge in [0.15, 0.2) is 0 Å². The molecular weight excluding hydrogens is 406 g/mol. The molecule has 0 aliphatic carbocycles. The van der Waals surface area contributed by atoms with Crippen molar-refractivity contribution in [3.63, 3.8) is 0 Å². The molecule has 1 saturated heterocycles. The highest BCUT2D eigenvalue weighted by molar-refractivity contribution is 5.69. The van der Waals surface area contributed by atoms with E-state index in [9.17, 15) is 9.90 Å². The van der Waals surface area contributed by atoms with E-state index in [1.54, 1.807) is 12.4 Å². The van der Waals surface area contributed by atoms with E-state index < -0.39 is 5.97 Å². The lowest BCUT2D eigenvalue weighted by Gasteiger charge is -2.32. The summed E-state index contributed by atoms with van der Waals surface area (Å²) in [5.41, 5.74) is 4.06. The lowest BCUT2D eigenvalue weighted by molar-refractivity contribution is -0.137. The number of nitrogens with zero attached hydrogens (tertiary/aromatic N) is 2. The first-order valence-corrected chi connectivity index (χ1v) is 11.7. The van der Waals surface area contributed by atoms with Crippen LogP contribution in [0, 0.1) is 5.92 Å². The Hall–Kier alpha value is -2.67. The molecule has 2 atom stereocenters. The van der Waals surface area contributed by atoms with Gasteiger partial charge in [-0.3, -0.25) is 4.79 Å². The van der Waals surface area contributed by atoms with Gasteiger partial charge in [0.05, 0.1) is 31.1 Å². The molecule has 3 rings (SSSR count). The van der Waals surface area contributed by atoms with Crippen LogP contribution in [0.25, 0.3) is 0 Å². The van der Waals surface area contributed by atoms with E-state index in [0.717, 1.165) is 55.8 Å². The highest BCUT2D eigenvalue weighted by Crippen LogP contribution is 2.40. The number of hydrogen-bond donors (Lipinski definition) is 2. The van der Waals surface area contributed by atoms with Crippen LogP contribution in [0.4, 0.5) is 11.4 Å². The molecule has 0 bridgehead atoms. The zero-order chi connectivity index (χ0) is 22.9. The van der Waals surface area contributed by atoms with Gasteiger partial charge >= 0.3 is 12.0 Å². The summed E-state index contributed by atoms with van der Waals surface area (Å²) in [5, 5.41) is 12.9. The fourth-order valence-electron chi connectivity index (χ4n) is 4.63. The van der Waals surface area contributed by atoms with E-state index in [0.29, 0.717) is 24.5 Å². The zero-order valence-electron chi connectivity index (χ0n) is 19.3. The second kappa shape index (κ2) is 11.8. The van der Waals surface area contributed by atoms with Crippen LogP contribution < -0.4 is 10.1 Å². The number of carbonyl (C=O) groups is 1. The van der Waals surface area contributed by atoms with Gasteiger partial charge in [0.25, 0.3) is 0 Å². The largest absolute Gasteiger partial charge is 0.481 e. The molecule has 2 aromatic rings. The van der Waals surface area contributed by atoms with Crippen molar-refractivity contribution in [2.45, 2.75) is 64.7 Å². The Balaban J connectivity index is 1.96. The monoisotopic (exact) mass is 441 g/mol. The van der Waals surface area contributed by atoms with E-state index >= 15 is 0 Å². The number of carboxylic acids is 1. The Kier molecular flexibility index (Phi) is 8.85. The number of rotatable bonds is 11. The molecule has 0 saturated carbocycles. The van der Waals surface area contributed by atoms with Gasteiger partial charge in [0.1, 0.15) is 0 Å². The van der Waals surface area contributed by atoms with Crippen LogP contribution in [0.5, 0.6) is 6.01 Å². The first-order chi connectivity index (χ1) is 15.5. The van der Waals surface area contributed by atoms with E-state index in [-0.39, 0.29) is 12.3 Å². The summed E-state index contributed by atoms with van der Waals surface area (Å²) in [4.78, 5) is 19.9. The van der Waals surface area contributed by atoms with E-state index in [1.807, 2.05) is 13.8 Å². The summed E-state index contributed by atoms with van der Waals surface area (Å²) in [6.07, 6.45) is 7.49. The van der Waals surface area contributed by atoms with Gasteiger partial charge in [-0.2, -0.15) is 0 Å². The van der Waals surface area contributed by atoms with Gasteiger partial charge in [0.2, 0.25) is 0 Å². The topological polar surface area (TPSA) is 93.6 Å². The third kappa shape index (κ3) is 6.19. The van der Waals surface area contributed by atoms with E-state index in [1.165, 1.54) is 5.56 Å². The maximum atomic E-state index is 11.4. The van der Waals surface area contributed by atoms with Gasteiger partial charge in [-0.1, -0.05) is 26.0 Å². The number of nitrogens with one attached hydrogen (secondary N) is 1.